The molecule has 2 rings (SSSR count). The maximum atomic E-state index is 14.4. The summed E-state index contributed by atoms with van der Waals surface area (Å²) < 4.78 is 0. The van der Waals surface area contributed by atoms with E-state index in [1.54, 1.807) is 6.07 Å². The molecule has 29 heteroatoms. The molecule has 0 aromatic heterocycles. The number of carbonyl (C=O) groups is 10. The fourth-order valence-electron chi connectivity index (χ4n) is 8.94. The van der Waals surface area contributed by atoms with Gasteiger partial charge < -0.3 is 98.2 Å². The molecular weight excluding hydrogens is 1040 g/mol. The zero-order valence-corrected chi connectivity index (χ0v) is 45.7. The van der Waals surface area contributed by atoms with E-state index < -0.39 is 126 Å². The molecule has 8 amide bonds. The predicted octanol–water partition coefficient (Wildman–Crippen LogP) is -5.44. The van der Waals surface area contributed by atoms with Gasteiger partial charge in [0.25, 0.3) is 0 Å². The van der Waals surface area contributed by atoms with Gasteiger partial charge in [-0.3, -0.25) is 53.4 Å². The largest absolute Gasteiger partial charge is 0.481 e. The number of aliphatic carboxylic acids is 1. The number of hydrogen-bond donors (Lipinski definition) is 18. The second-order valence-corrected chi connectivity index (χ2v) is 19.8. The van der Waals surface area contributed by atoms with Gasteiger partial charge >= 0.3 is 5.97 Å². The summed E-state index contributed by atoms with van der Waals surface area (Å²) >= 11 is 0. The van der Waals surface area contributed by atoms with Crippen molar-refractivity contribution in [2.24, 2.45) is 51.8 Å². The molecule has 2 unspecified atom stereocenters. The van der Waals surface area contributed by atoms with Crippen molar-refractivity contribution in [2.45, 2.75) is 158 Å². The molecule has 1 aliphatic rings. The van der Waals surface area contributed by atoms with Gasteiger partial charge in [-0.25, -0.2) is 0 Å². The van der Waals surface area contributed by atoms with Gasteiger partial charge in [0, 0.05) is 38.0 Å². The van der Waals surface area contributed by atoms with E-state index in [9.17, 15) is 58.2 Å². The number of guanidine groups is 1. The zero-order valence-electron chi connectivity index (χ0n) is 45.7. The summed E-state index contributed by atoms with van der Waals surface area (Å²) in [7, 11) is 0. The molecule has 0 spiro atoms. The van der Waals surface area contributed by atoms with Crippen LogP contribution in [-0.2, 0) is 49.6 Å². The maximum Gasteiger partial charge on any atom is 0.306 e. The van der Waals surface area contributed by atoms with E-state index in [-0.39, 0.29) is 108 Å². The molecule has 29 nitrogen and oxygen atoms in total. The van der Waals surface area contributed by atoms with Crippen LogP contribution in [0.4, 0.5) is 0 Å². The molecule has 26 N–H and O–H groups in total. The van der Waals surface area contributed by atoms with Crippen LogP contribution in [0.25, 0.3) is 0 Å². The quantitative estimate of drug-likeness (QED) is 0.0165. The van der Waals surface area contributed by atoms with Crippen molar-refractivity contribution in [3.63, 3.8) is 0 Å². The van der Waals surface area contributed by atoms with Gasteiger partial charge in [0.2, 0.25) is 47.3 Å². The topological polar surface area (TPSA) is 531 Å². The summed E-state index contributed by atoms with van der Waals surface area (Å²) in [5, 5.41) is 45.8. The van der Waals surface area contributed by atoms with E-state index in [2.05, 4.69) is 37.2 Å². The Morgan fingerprint density at radius 1 is 0.662 bits per heavy atom. The third kappa shape index (κ3) is 25.1. The molecule has 1 saturated heterocycles. The Morgan fingerprint density at radius 2 is 1.29 bits per heavy atom. The van der Waals surface area contributed by atoms with Crippen molar-refractivity contribution in [1.29, 1.82) is 5.41 Å². The maximum absolute atomic E-state index is 14.4. The second kappa shape index (κ2) is 37.9. The lowest BCUT2D eigenvalue weighted by atomic mass is 9.93. The molecule has 1 heterocycles. The number of ketones is 1. The predicted molar refractivity (Wildman–Crippen MR) is 296 cm³/mol. The first-order valence-corrected chi connectivity index (χ1v) is 27.4. The number of nitrogens with two attached hydrogens (primary N) is 8. The Hall–Kier alpha value is -6.89. The number of amides is 8. The van der Waals surface area contributed by atoms with Gasteiger partial charge in [-0.2, -0.15) is 0 Å². The van der Waals surface area contributed by atoms with E-state index in [0.29, 0.717) is 57.2 Å². The Balaban J connectivity index is 2.33. The Morgan fingerprint density at radius 3 is 1.90 bits per heavy atom. The van der Waals surface area contributed by atoms with Crippen molar-refractivity contribution in [3.05, 3.63) is 35.4 Å². The number of rotatable bonds is 41. The summed E-state index contributed by atoms with van der Waals surface area (Å²) in [5.41, 5.74) is 45.8. The van der Waals surface area contributed by atoms with Gasteiger partial charge in [0.05, 0.1) is 30.7 Å². The van der Waals surface area contributed by atoms with Gasteiger partial charge in [0.15, 0.2) is 11.7 Å². The smallest absolute Gasteiger partial charge is 0.306 e. The molecule has 1 aliphatic heterocycles. The van der Waals surface area contributed by atoms with Crippen LogP contribution in [0.15, 0.2) is 24.3 Å². The SMILES string of the molecule is N=C(N)NCCCC(CCC(=O)[C@H](CCCCN)NC(=O)C(Cc1cccc(C(N)=O)c1)NC(=O)[C@@H]1CCCN1C(=O)[C@@H](CCCN)NC(=O)CNC(=O)[C@H](CCCN)NC(=O)[C@@H](NC(=O)[C@@H](N)CCCCN)[C@@H](O)CN)C(=O)O. The zero-order chi connectivity index (χ0) is 59.7. The molecule has 80 heavy (non-hydrogen) atoms. The first kappa shape index (κ1) is 69.2. The summed E-state index contributed by atoms with van der Waals surface area (Å²) in [6.45, 7) is 0.122. The number of hydrogen-bond acceptors (Lipinski definition) is 18. The third-order valence-electron chi connectivity index (χ3n) is 13.5. The van der Waals surface area contributed by atoms with E-state index in [0.717, 1.165) is 0 Å². The van der Waals surface area contributed by atoms with Gasteiger partial charge in [-0.1, -0.05) is 18.6 Å². The van der Waals surface area contributed by atoms with E-state index in [1.165, 1.54) is 23.1 Å². The Bertz CT molecular complexity index is 2210. The number of carboxylic acid groups (broad SMARTS) is 1. The van der Waals surface area contributed by atoms with E-state index in [4.69, 9.17) is 51.3 Å². The molecule has 0 saturated carbocycles. The summed E-state index contributed by atoms with van der Waals surface area (Å²) in [6, 6.07) is -2.80. The number of benzene rings is 1. The first-order valence-electron chi connectivity index (χ1n) is 27.4. The monoisotopic (exact) mass is 1130 g/mol. The summed E-state index contributed by atoms with van der Waals surface area (Å²) in [4.78, 5) is 136. The van der Waals surface area contributed by atoms with Crippen LogP contribution < -0.4 is 83.1 Å². The fraction of sp³-hybridized carbons (Fsp3) is 0.667. The number of carbonyl (C=O) groups excluding carboxylic acids is 9. The minimum Gasteiger partial charge on any atom is -0.481 e. The molecular formula is C51H89N17O12. The molecule has 0 bridgehead atoms. The molecule has 0 aliphatic carbocycles. The van der Waals surface area contributed by atoms with E-state index >= 15 is 0 Å². The molecule has 0 radical (unpaired) electrons. The Kier molecular flexibility index (Phi) is 32.8. The third-order valence-corrected chi connectivity index (χ3v) is 13.5. The van der Waals surface area contributed by atoms with Crippen LogP contribution in [0, 0.1) is 11.3 Å². The average Bonchev–Trinajstić information content (AvgIpc) is 3.93. The highest BCUT2D eigenvalue weighted by atomic mass is 16.4. The van der Waals surface area contributed by atoms with Gasteiger partial charge in [-0.15, -0.1) is 0 Å². The number of carboxylic acids is 1. The molecule has 1 aromatic rings. The van der Waals surface area contributed by atoms with Gasteiger partial charge in [0.1, 0.15) is 30.2 Å². The first-order chi connectivity index (χ1) is 38.1. The van der Waals surface area contributed by atoms with Crippen molar-refractivity contribution in [3.8, 4) is 0 Å². The molecule has 1 aromatic carbocycles. The molecule has 450 valence electrons. The minimum absolute atomic E-state index is 0.0156. The van der Waals surface area contributed by atoms with Crippen molar-refractivity contribution >= 4 is 65.0 Å². The standard InChI is InChI=1S/C51H89N17O12/c52-20-3-1-13-33(57)44(73)67-42(40(70)28-56)48(77)65-35(15-6-22-54)45(74)62-29-41(71)63-36(16-7-23-55)49(78)68-25-9-17-38(68)47(76)66-37(27-30-10-5-11-32(26-30)43(58)72)46(75)64-34(14-2-4-21-53)39(69)19-18-31(50(79)80)12-8-24-61-51(59)60/h5,10-11,26,31,33-38,40,42,70H,1-4,6-9,12-25,27-29,52-57H2,(H2,58,72)(H,62,74)(H,63,71)(H,64,75)(H,65,77)(H,66,76)(H,67,73)(H,79,80)(H4,59,60,61)/t31?,33-,34-,35-,36+,37?,38-,40-,42-/m0/s1. The number of unbranched alkanes of at least 4 members (excludes halogenated alkanes) is 2. The lowest BCUT2D eigenvalue weighted by molar-refractivity contribution is -0.143. The van der Waals surface area contributed by atoms with Crippen LogP contribution in [0.2, 0.25) is 0 Å². The highest BCUT2D eigenvalue weighted by Crippen LogP contribution is 2.21. The summed E-state index contributed by atoms with van der Waals surface area (Å²) in [6.07, 6.45) is 1.97. The van der Waals surface area contributed by atoms with Crippen LogP contribution in [-0.4, -0.2) is 181 Å². The highest BCUT2D eigenvalue weighted by Gasteiger charge is 2.40. The van der Waals surface area contributed by atoms with Crippen LogP contribution in [0.3, 0.4) is 0 Å². The van der Waals surface area contributed by atoms with Crippen molar-refractivity contribution in [1.82, 2.24) is 42.1 Å². The lowest BCUT2D eigenvalue weighted by Crippen LogP contribution is -2.61. The van der Waals surface area contributed by atoms with Crippen molar-refractivity contribution < 1.29 is 58.2 Å². The molecule has 1 fully saturated rings. The number of nitrogens with one attached hydrogen (secondary N) is 8. The number of nitrogens with zero attached hydrogens (tertiary/aromatic N) is 1. The number of aliphatic hydroxyl groups excluding tert-OH is 1. The Labute approximate surface area is 466 Å². The average molecular weight is 1130 g/mol. The summed E-state index contributed by atoms with van der Waals surface area (Å²) in [5.74, 6) is -9.05. The normalized spacial score (nSPS) is 16.0. The number of likely N-dealkylation sites (tertiary alicyclic amines) is 1. The van der Waals surface area contributed by atoms with Crippen LogP contribution in [0.1, 0.15) is 119 Å². The number of Topliss-reactive ketones (excluding diaryl/α,β-unsaturated/α-hetero) is 1. The number of primary amides is 1. The van der Waals surface area contributed by atoms with Gasteiger partial charge in [-0.05, 0) is 134 Å². The second-order valence-electron chi connectivity index (χ2n) is 19.8. The van der Waals surface area contributed by atoms with E-state index in [1.807, 2.05) is 0 Å². The minimum atomic E-state index is -1.60. The van der Waals surface area contributed by atoms with Crippen molar-refractivity contribution in [2.75, 3.05) is 52.4 Å². The number of aliphatic hydroxyl groups is 1. The molecule has 9 atom stereocenters. The fourth-order valence-corrected chi connectivity index (χ4v) is 8.94. The van der Waals surface area contributed by atoms with Crippen LogP contribution in [0.5, 0.6) is 0 Å². The lowest BCUT2D eigenvalue weighted by Gasteiger charge is -2.30. The van der Waals surface area contributed by atoms with Crippen LogP contribution >= 0.6 is 0 Å². The highest BCUT2D eigenvalue weighted by molar-refractivity contribution is 5.98.